The molecule has 9 heteroatoms. The molecule has 0 aromatic rings. The second-order valence-corrected chi connectivity index (χ2v) is 9.69. The lowest BCUT2D eigenvalue weighted by molar-refractivity contribution is -0.121. The van der Waals surface area contributed by atoms with Crippen molar-refractivity contribution < 1.29 is 21.6 Å². The van der Waals surface area contributed by atoms with Gasteiger partial charge in [0.15, 0.2) is 9.84 Å². The smallest absolute Gasteiger partial charge is 0.221 e. The first kappa shape index (κ1) is 15.7. The lowest BCUT2D eigenvalue weighted by atomic mass is 10.2. The van der Waals surface area contributed by atoms with Crippen molar-refractivity contribution >= 4 is 25.8 Å². The minimum absolute atomic E-state index is 0.0119. The van der Waals surface area contributed by atoms with Crippen LogP contribution in [0.3, 0.4) is 0 Å². The highest BCUT2D eigenvalue weighted by Crippen LogP contribution is 2.21. The Kier molecular flexibility index (Phi) is 4.41. The maximum absolute atomic E-state index is 11.8. The molecule has 1 atom stereocenters. The van der Waals surface area contributed by atoms with Gasteiger partial charge in [0, 0.05) is 25.0 Å². The molecular formula is C11H20N2O5S2. The van der Waals surface area contributed by atoms with E-state index in [2.05, 4.69) is 5.32 Å². The first-order valence-corrected chi connectivity index (χ1v) is 10.3. The minimum atomic E-state index is -3.52. The van der Waals surface area contributed by atoms with E-state index in [9.17, 15) is 21.6 Å². The summed E-state index contributed by atoms with van der Waals surface area (Å²) in [4.78, 5) is 11.6. The van der Waals surface area contributed by atoms with Gasteiger partial charge >= 0.3 is 0 Å². The number of amides is 1. The van der Waals surface area contributed by atoms with Gasteiger partial charge in [0.1, 0.15) is 0 Å². The molecule has 0 aromatic carbocycles. The summed E-state index contributed by atoms with van der Waals surface area (Å²) in [5.74, 6) is -0.315. The van der Waals surface area contributed by atoms with Gasteiger partial charge in [-0.1, -0.05) is 0 Å². The van der Waals surface area contributed by atoms with E-state index in [0.29, 0.717) is 6.42 Å². The van der Waals surface area contributed by atoms with Crippen LogP contribution >= 0.6 is 0 Å². The topological polar surface area (TPSA) is 101 Å². The highest BCUT2D eigenvalue weighted by Gasteiger charge is 2.36. The Bertz CT molecular complexity index is 580. The number of carbonyl (C=O) groups is 1. The van der Waals surface area contributed by atoms with Gasteiger partial charge in [-0.15, -0.1) is 0 Å². The second-order valence-electron chi connectivity index (χ2n) is 5.52. The zero-order valence-corrected chi connectivity index (χ0v) is 13.0. The van der Waals surface area contributed by atoms with Crippen molar-refractivity contribution in [3.05, 3.63) is 0 Å². The molecule has 1 heterocycles. The van der Waals surface area contributed by atoms with Crippen LogP contribution in [0, 0.1) is 0 Å². The fourth-order valence-electron chi connectivity index (χ4n) is 2.36. The summed E-state index contributed by atoms with van der Waals surface area (Å²) < 4.78 is 47.6. The van der Waals surface area contributed by atoms with Crippen LogP contribution in [0.15, 0.2) is 0 Å². The van der Waals surface area contributed by atoms with Crippen molar-refractivity contribution in [1.29, 1.82) is 0 Å². The van der Waals surface area contributed by atoms with Crippen LogP contribution in [0.5, 0.6) is 0 Å². The highest BCUT2D eigenvalue weighted by molar-refractivity contribution is 7.92. The molecule has 1 saturated heterocycles. The molecule has 2 aliphatic rings. The molecule has 116 valence electrons. The molecule has 0 aromatic heterocycles. The van der Waals surface area contributed by atoms with Gasteiger partial charge in [-0.25, -0.2) is 16.8 Å². The van der Waals surface area contributed by atoms with Crippen LogP contribution in [0.1, 0.15) is 25.7 Å². The fraction of sp³-hybridized carbons (Fsp3) is 0.909. The second kappa shape index (κ2) is 5.61. The SMILES string of the molecule is CS(=O)(=O)N(CCC(=O)NC1CC1)C1CCS(=O)(=O)C1. The average Bonchev–Trinajstić information content (AvgIpc) is 3.01. The Morgan fingerprint density at radius 3 is 2.40 bits per heavy atom. The summed E-state index contributed by atoms with van der Waals surface area (Å²) in [7, 11) is -6.67. The molecule has 1 saturated carbocycles. The maximum Gasteiger partial charge on any atom is 0.221 e. The van der Waals surface area contributed by atoms with E-state index in [1.807, 2.05) is 0 Å². The third-order valence-corrected chi connectivity index (χ3v) is 6.63. The number of nitrogens with one attached hydrogen (secondary N) is 1. The molecule has 1 amide bonds. The Balaban J connectivity index is 1.95. The predicted octanol–water partition coefficient (Wildman–Crippen LogP) is -0.896. The van der Waals surface area contributed by atoms with E-state index in [1.54, 1.807) is 0 Å². The van der Waals surface area contributed by atoms with Crippen molar-refractivity contribution in [3.8, 4) is 0 Å². The molecule has 2 rings (SSSR count). The molecule has 1 N–H and O–H groups in total. The summed E-state index contributed by atoms with van der Waals surface area (Å²) >= 11 is 0. The van der Waals surface area contributed by atoms with Gasteiger partial charge < -0.3 is 5.32 Å². The minimum Gasteiger partial charge on any atom is -0.353 e. The third kappa shape index (κ3) is 4.42. The van der Waals surface area contributed by atoms with Gasteiger partial charge in [-0.2, -0.15) is 4.31 Å². The van der Waals surface area contributed by atoms with Crippen LogP contribution in [-0.4, -0.2) is 63.4 Å². The number of carbonyl (C=O) groups excluding carboxylic acids is 1. The summed E-state index contributed by atoms with van der Waals surface area (Å²) in [5.41, 5.74) is 0. The summed E-state index contributed by atoms with van der Waals surface area (Å²) in [6.07, 6.45) is 3.38. The van der Waals surface area contributed by atoms with Gasteiger partial charge in [-0.05, 0) is 19.3 Å². The first-order chi connectivity index (χ1) is 9.17. The number of hydrogen-bond donors (Lipinski definition) is 1. The molecule has 0 radical (unpaired) electrons. The van der Waals surface area contributed by atoms with Gasteiger partial charge in [0.2, 0.25) is 15.9 Å². The van der Waals surface area contributed by atoms with Crippen molar-refractivity contribution in [3.63, 3.8) is 0 Å². The molecular weight excluding hydrogens is 304 g/mol. The van der Waals surface area contributed by atoms with E-state index in [1.165, 1.54) is 0 Å². The Morgan fingerprint density at radius 1 is 1.30 bits per heavy atom. The van der Waals surface area contributed by atoms with Gasteiger partial charge in [-0.3, -0.25) is 4.79 Å². The summed E-state index contributed by atoms with van der Waals surface area (Å²) in [6, 6.07) is -0.301. The molecule has 1 unspecified atom stereocenters. The highest BCUT2D eigenvalue weighted by atomic mass is 32.2. The zero-order chi connectivity index (χ0) is 15.0. The number of rotatable bonds is 6. The first-order valence-electron chi connectivity index (χ1n) is 6.64. The van der Waals surface area contributed by atoms with Crippen LogP contribution < -0.4 is 5.32 Å². The standard InChI is InChI=1S/C11H20N2O5S2/c1-19(15,16)13(10-5-7-20(17,18)8-10)6-4-11(14)12-9-2-3-9/h9-10H,2-8H2,1H3,(H,12,14). The molecule has 0 bridgehead atoms. The quantitative estimate of drug-likeness (QED) is 0.683. The number of sulfone groups is 1. The number of sulfonamides is 1. The van der Waals surface area contributed by atoms with Crippen LogP contribution in [-0.2, 0) is 24.7 Å². The van der Waals surface area contributed by atoms with Crippen LogP contribution in [0.4, 0.5) is 0 Å². The average molecular weight is 324 g/mol. The lowest BCUT2D eigenvalue weighted by Gasteiger charge is -2.25. The molecule has 7 nitrogen and oxygen atoms in total. The van der Waals surface area contributed by atoms with Gasteiger partial charge in [0.25, 0.3) is 0 Å². The Morgan fingerprint density at radius 2 is 1.95 bits per heavy atom. The van der Waals surface area contributed by atoms with E-state index in [0.717, 1.165) is 23.4 Å². The molecule has 20 heavy (non-hydrogen) atoms. The Hall–Kier alpha value is -0.670. The van der Waals surface area contributed by atoms with E-state index < -0.39 is 25.9 Å². The van der Waals surface area contributed by atoms with Crippen molar-refractivity contribution in [2.75, 3.05) is 24.3 Å². The molecule has 0 spiro atoms. The molecule has 1 aliphatic carbocycles. The summed E-state index contributed by atoms with van der Waals surface area (Å²) in [5, 5.41) is 2.79. The predicted molar refractivity (Wildman–Crippen MR) is 74.4 cm³/mol. The van der Waals surface area contributed by atoms with Crippen molar-refractivity contribution in [1.82, 2.24) is 9.62 Å². The van der Waals surface area contributed by atoms with Crippen molar-refractivity contribution in [2.45, 2.75) is 37.8 Å². The van der Waals surface area contributed by atoms with E-state index in [4.69, 9.17) is 0 Å². The lowest BCUT2D eigenvalue weighted by Crippen LogP contribution is -2.42. The van der Waals surface area contributed by atoms with E-state index in [-0.39, 0.29) is 36.4 Å². The molecule has 2 fully saturated rings. The number of nitrogens with zero attached hydrogens (tertiary/aromatic N) is 1. The fourth-order valence-corrected chi connectivity index (χ4v) is 5.33. The zero-order valence-electron chi connectivity index (χ0n) is 11.4. The summed E-state index contributed by atoms with van der Waals surface area (Å²) in [6.45, 7) is 0.0393. The van der Waals surface area contributed by atoms with Gasteiger partial charge in [0.05, 0.1) is 17.8 Å². The largest absolute Gasteiger partial charge is 0.353 e. The van der Waals surface area contributed by atoms with Crippen LogP contribution in [0.2, 0.25) is 0 Å². The monoisotopic (exact) mass is 324 g/mol. The Labute approximate surface area is 119 Å². The normalized spacial score (nSPS) is 25.8. The maximum atomic E-state index is 11.8. The third-order valence-electron chi connectivity index (χ3n) is 3.54. The van der Waals surface area contributed by atoms with Crippen LogP contribution in [0.25, 0.3) is 0 Å². The molecule has 1 aliphatic heterocycles. The van der Waals surface area contributed by atoms with E-state index >= 15 is 0 Å². The van der Waals surface area contributed by atoms with Crippen molar-refractivity contribution in [2.24, 2.45) is 0 Å². The number of hydrogen-bond acceptors (Lipinski definition) is 5.